The third kappa shape index (κ3) is 3.21. The molecule has 1 atom stereocenters. The Balaban J connectivity index is 1.45. The van der Waals surface area contributed by atoms with Crippen molar-refractivity contribution >= 4 is 17.4 Å². The molecule has 2 aliphatic heterocycles. The van der Waals surface area contributed by atoms with E-state index in [0.717, 1.165) is 49.9 Å². The first-order valence-corrected chi connectivity index (χ1v) is 10.3. The van der Waals surface area contributed by atoms with E-state index >= 15 is 0 Å². The third-order valence-corrected chi connectivity index (χ3v) is 6.20. The normalized spacial score (nSPS) is 23.0. The fourth-order valence-corrected chi connectivity index (χ4v) is 4.42. The highest BCUT2D eigenvalue weighted by Gasteiger charge is 2.32. The molecule has 1 aliphatic carbocycles. The first-order chi connectivity index (χ1) is 12.8. The summed E-state index contributed by atoms with van der Waals surface area (Å²) in [5.41, 5.74) is 4.06. The molecule has 0 radical (unpaired) electrons. The molecule has 1 saturated heterocycles. The molecule has 5 rings (SSSR count). The molecule has 2 fully saturated rings. The zero-order chi connectivity index (χ0) is 17.5. The molecule has 0 bridgehead atoms. The van der Waals surface area contributed by atoms with E-state index in [2.05, 4.69) is 22.3 Å². The monoisotopic (exact) mass is 368 g/mol. The number of fused-ring (bicyclic) bond motifs is 1. The summed E-state index contributed by atoms with van der Waals surface area (Å²) in [6.07, 6.45) is 5.75. The van der Waals surface area contributed by atoms with Crippen LogP contribution in [-0.2, 0) is 12.8 Å². The number of halogens is 1. The molecule has 1 aromatic heterocycles. The van der Waals surface area contributed by atoms with E-state index in [0.29, 0.717) is 11.8 Å². The molecule has 4 nitrogen and oxygen atoms in total. The van der Waals surface area contributed by atoms with E-state index in [-0.39, 0.29) is 0 Å². The fourth-order valence-electron chi connectivity index (χ4n) is 4.29. The van der Waals surface area contributed by atoms with E-state index in [1.54, 1.807) is 0 Å². The van der Waals surface area contributed by atoms with E-state index in [9.17, 15) is 0 Å². The van der Waals surface area contributed by atoms with Gasteiger partial charge in [0.15, 0.2) is 0 Å². The predicted octanol–water partition coefficient (Wildman–Crippen LogP) is 3.69. The fraction of sp³-hybridized carbons (Fsp3) is 0.524. The second-order valence-corrected chi connectivity index (χ2v) is 8.27. The third-order valence-electron chi connectivity index (χ3n) is 5.95. The van der Waals surface area contributed by atoms with Crippen LogP contribution in [0.1, 0.15) is 53.7 Å². The average molecular weight is 369 g/mol. The molecular weight excluding hydrogens is 344 g/mol. The average Bonchev–Trinajstić information content (AvgIpc) is 3.43. The maximum Gasteiger partial charge on any atom is 0.135 e. The lowest BCUT2D eigenvalue weighted by molar-refractivity contribution is 0.707. The highest BCUT2D eigenvalue weighted by Crippen LogP contribution is 2.40. The van der Waals surface area contributed by atoms with Crippen LogP contribution in [0.5, 0.6) is 0 Å². The van der Waals surface area contributed by atoms with Crippen LogP contribution >= 0.6 is 11.6 Å². The van der Waals surface area contributed by atoms with Crippen molar-refractivity contribution in [2.45, 2.75) is 43.9 Å². The predicted molar refractivity (Wildman–Crippen MR) is 105 cm³/mol. The van der Waals surface area contributed by atoms with Gasteiger partial charge in [0.25, 0.3) is 0 Å². The van der Waals surface area contributed by atoms with Crippen molar-refractivity contribution < 1.29 is 0 Å². The van der Waals surface area contributed by atoms with Gasteiger partial charge in [0.05, 0.1) is 5.69 Å². The Morgan fingerprint density at radius 3 is 2.58 bits per heavy atom. The number of nitrogens with zero attached hydrogens (tertiary/aromatic N) is 3. The summed E-state index contributed by atoms with van der Waals surface area (Å²) in [4.78, 5) is 12.6. The lowest BCUT2D eigenvalue weighted by Crippen LogP contribution is -2.24. The zero-order valence-corrected chi connectivity index (χ0v) is 15.8. The Morgan fingerprint density at radius 2 is 1.77 bits per heavy atom. The van der Waals surface area contributed by atoms with Gasteiger partial charge in [-0.25, -0.2) is 9.97 Å². The Hall–Kier alpha value is -1.65. The number of aromatic nitrogens is 2. The van der Waals surface area contributed by atoms with Gasteiger partial charge in [-0.15, -0.1) is 0 Å². The van der Waals surface area contributed by atoms with Crippen LogP contribution in [0.4, 0.5) is 5.82 Å². The van der Waals surface area contributed by atoms with E-state index in [1.165, 1.54) is 41.9 Å². The minimum absolute atomic E-state index is 0.561. The van der Waals surface area contributed by atoms with Crippen molar-refractivity contribution in [1.29, 1.82) is 0 Å². The molecule has 0 spiro atoms. The largest absolute Gasteiger partial charge is 0.356 e. The van der Waals surface area contributed by atoms with Gasteiger partial charge in [-0.3, -0.25) is 0 Å². The summed E-state index contributed by atoms with van der Waals surface area (Å²) >= 11 is 6.06. The molecule has 1 N–H and O–H groups in total. The minimum Gasteiger partial charge on any atom is -0.356 e. The number of hydrogen-bond donors (Lipinski definition) is 1. The maximum absolute atomic E-state index is 6.06. The molecule has 136 valence electrons. The molecule has 2 aromatic rings. The first kappa shape index (κ1) is 16.5. The molecule has 5 heteroatoms. The molecule has 1 aromatic carbocycles. The Morgan fingerprint density at radius 1 is 0.962 bits per heavy atom. The van der Waals surface area contributed by atoms with Gasteiger partial charge in [0.1, 0.15) is 11.6 Å². The molecule has 1 saturated carbocycles. The van der Waals surface area contributed by atoms with Crippen molar-refractivity contribution in [2.24, 2.45) is 0 Å². The lowest BCUT2D eigenvalue weighted by Gasteiger charge is -2.23. The molecule has 0 amide bonds. The van der Waals surface area contributed by atoms with E-state index < -0.39 is 0 Å². The number of rotatable bonds is 3. The number of benzene rings is 1. The second-order valence-electron chi connectivity index (χ2n) is 7.84. The summed E-state index contributed by atoms with van der Waals surface area (Å²) in [5, 5.41) is 4.33. The van der Waals surface area contributed by atoms with Gasteiger partial charge in [0.2, 0.25) is 0 Å². The van der Waals surface area contributed by atoms with Gasteiger partial charge in [-0.2, -0.15) is 0 Å². The Labute approximate surface area is 160 Å². The van der Waals surface area contributed by atoms with Crippen LogP contribution in [0.2, 0.25) is 5.02 Å². The van der Waals surface area contributed by atoms with Gasteiger partial charge in [0, 0.05) is 48.5 Å². The van der Waals surface area contributed by atoms with Crippen LogP contribution in [0.25, 0.3) is 0 Å². The lowest BCUT2D eigenvalue weighted by atomic mass is 9.99. The highest BCUT2D eigenvalue weighted by molar-refractivity contribution is 6.30. The number of hydrogen-bond acceptors (Lipinski definition) is 4. The Bertz CT molecular complexity index is 800. The number of anilines is 1. The van der Waals surface area contributed by atoms with Crippen molar-refractivity contribution in [2.75, 3.05) is 31.1 Å². The molecule has 3 aliphatic rings. The molecule has 26 heavy (non-hydrogen) atoms. The van der Waals surface area contributed by atoms with E-state index in [1.807, 2.05) is 12.1 Å². The minimum atomic E-state index is 0.561. The Kier molecular flexibility index (Phi) is 4.33. The van der Waals surface area contributed by atoms with Crippen molar-refractivity contribution in [3.05, 3.63) is 51.9 Å². The summed E-state index contributed by atoms with van der Waals surface area (Å²) in [6.45, 7) is 4.18. The quantitative estimate of drug-likeness (QED) is 0.897. The highest BCUT2D eigenvalue weighted by atomic mass is 35.5. The molecule has 1 unspecified atom stereocenters. The van der Waals surface area contributed by atoms with E-state index in [4.69, 9.17) is 21.6 Å². The van der Waals surface area contributed by atoms with Crippen LogP contribution in [-0.4, -0.2) is 36.1 Å². The van der Waals surface area contributed by atoms with Crippen LogP contribution < -0.4 is 10.2 Å². The maximum atomic E-state index is 6.06. The summed E-state index contributed by atoms with van der Waals surface area (Å²) < 4.78 is 0. The molecule has 3 heterocycles. The zero-order valence-electron chi connectivity index (χ0n) is 15.0. The smallest absolute Gasteiger partial charge is 0.135 e. The van der Waals surface area contributed by atoms with Crippen molar-refractivity contribution in [1.82, 2.24) is 15.3 Å². The second kappa shape index (κ2) is 6.82. The summed E-state index contributed by atoms with van der Waals surface area (Å²) in [5.74, 6) is 3.48. The summed E-state index contributed by atoms with van der Waals surface area (Å²) in [6, 6.07) is 8.37. The standard InChI is InChI=1S/C21H25ClN4/c22-17-5-3-14(4-6-17)16-9-12-26(13-16)21-18-7-10-23-11-8-19(18)24-20(25-21)15-1-2-15/h3-6,15-16,23H,1-2,7-13H2. The van der Waals surface area contributed by atoms with Gasteiger partial charge < -0.3 is 10.2 Å². The van der Waals surface area contributed by atoms with Gasteiger partial charge >= 0.3 is 0 Å². The van der Waals surface area contributed by atoms with Crippen molar-refractivity contribution in [3.63, 3.8) is 0 Å². The van der Waals surface area contributed by atoms with Crippen molar-refractivity contribution in [3.8, 4) is 0 Å². The summed E-state index contributed by atoms with van der Waals surface area (Å²) in [7, 11) is 0. The van der Waals surface area contributed by atoms with Crippen LogP contribution in [0, 0.1) is 0 Å². The first-order valence-electron chi connectivity index (χ1n) is 9.89. The van der Waals surface area contributed by atoms with Crippen LogP contribution in [0.15, 0.2) is 24.3 Å². The van der Waals surface area contributed by atoms with Crippen LogP contribution in [0.3, 0.4) is 0 Å². The topological polar surface area (TPSA) is 41.1 Å². The van der Waals surface area contributed by atoms with Gasteiger partial charge in [-0.1, -0.05) is 23.7 Å². The SMILES string of the molecule is Clc1ccc(C2CCN(c3nc(C4CC4)nc4c3CCNCC4)C2)cc1. The number of nitrogens with one attached hydrogen (secondary N) is 1. The molecular formula is C21H25ClN4. The van der Waals surface area contributed by atoms with Gasteiger partial charge in [-0.05, 0) is 49.9 Å².